The number of carbonyl (C=O) groups excluding carboxylic acids is 3. The second-order valence-electron chi connectivity index (χ2n) is 5.19. The van der Waals surface area contributed by atoms with Crippen molar-refractivity contribution in [1.82, 2.24) is 0 Å². The highest BCUT2D eigenvalue weighted by Gasteiger charge is 2.30. The standard InChI is InChI=1S/C17H14F3NO4S/c18-17(19,20)11-3-1-4-12(9-11)21-15(23)10-25-16(24)7-6-13(22)14-5-2-8-26-14/h1-5,8-9H,6-7,10H2,(H,21,23). The molecule has 0 spiro atoms. The Morgan fingerprint density at radius 2 is 1.85 bits per heavy atom. The van der Waals surface area contributed by atoms with Gasteiger partial charge in [0.15, 0.2) is 12.4 Å². The number of hydrogen-bond donors (Lipinski definition) is 1. The summed E-state index contributed by atoms with van der Waals surface area (Å²) < 4.78 is 42.5. The third kappa shape index (κ3) is 5.99. The number of benzene rings is 1. The Kier molecular flexibility index (Phi) is 6.51. The number of esters is 1. The smallest absolute Gasteiger partial charge is 0.416 e. The Morgan fingerprint density at radius 1 is 1.08 bits per heavy atom. The molecule has 0 aliphatic heterocycles. The number of Topliss-reactive ketones (excluding diaryl/α,β-unsaturated/α-hetero) is 1. The van der Waals surface area contributed by atoms with Gasteiger partial charge in [-0.25, -0.2) is 0 Å². The van der Waals surface area contributed by atoms with Crippen molar-refractivity contribution in [2.24, 2.45) is 0 Å². The maximum atomic E-state index is 12.6. The highest BCUT2D eigenvalue weighted by molar-refractivity contribution is 7.12. The molecule has 0 atom stereocenters. The number of nitrogens with one attached hydrogen (secondary N) is 1. The molecular weight excluding hydrogens is 371 g/mol. The van der Waals surface area contributed by atoms with Crippen LogP contribution in [-0.4, -0.2) is 24.3 Å². The highest BCUT2D eigenvalue weighted by Crippen LogP contribution is 2.30. The fraction of sp³-hybridized carbons (Fsp3) is 0.235. The van der Waals surface area contributed by atoms with Crippen LogP contribution in [0.1, 0.15) is 28.1 Å². The van der Waals surface area contributed by atoms with Crippen LogP contribution >= 0.6 is 11.3 Å². The molecule has 1 N–H and O–H groups in total. The normalized spacial score (nSPS) is 11.0. The van der Waals surface area contributed by atoms with Gasteiger partial charge in [0.25, 0.3) is 5.91 Å². The van der Waals surface area contributed by atoms with E-state index in [0.29, 0.717) is 4.88 Å². The zero-order valence-electron chi connectivity index (χ0n) is 13.3. The summed E-state index contributed by atoms with van der Waals surface area (Å²) in [6.45, 7) is -0.651. The molecule has 0 fully saturated rings. The Bertz CT molecular complexity index is 788. The molecule has 0 aliphatic carbocycles. The molecule has 9 heteroatoms. The number of amides is 1. The summed E-state index contributed by atoms with van der Waals surface area (Å²) in [5.41, 5.74) is -0.965. The minimum Gasteiger partial charge on any atom is -0.456 e. The quantitative estimate of drug-likeness (QED) is 0.579. The van der Waals surface area contributed by atoms with E-state index in [-0.39, 0.29) is 24.3 Å². The van der Waals surface area contributed by atoms with Gasteiger partial charge >= 0.3 is 12.1 Å². The monoisotopic (exact) mass is 385 g/mol. The van der Waals surface area contributed by atoms with Crippen LogP contribution in [0.4, 0.5) is 18.9 Å². The van der Waals surface area contributed by atoms with Crippen molar-refractivity contribution in [3.05, 3.63) is 52.2 Å². The van der Waals surface area contributed by atoms with Crippen LogP contribution < -0.4 is 5.32 Å². The third-order valence-corrected chi connectivity index (χ3v) is 4.10. The molecule has 0 bridgehead atoms. The van der Waals surface area contributed by atoms with Crippen molar-refractivity contribution in [2.75, 3.05) is 11.9 Å². The predicted molar refractivity (Wildman–Crippen MR) is 88.9 cm³/mol. The summed E-state index contributed by atoms with van der Waals surface area (Å²) in [6, 6.07) is 7.45. The van der Waals surface area contributed by atoms with Gasteiger partial charge in [-0.3, -0.25) is 14.4 Å². The lowest BCUT2D eigenvalue weighted by atomic mass is 10.2. The van der Waals surface area contributed by atoms with Gasteiger partial charge in [0, 0.05) is 12.1 Å². The molecule has 0 unspecified atom stereocenters. The molecule has 0 saturated carbocycles. The second kappa shape index (κ2) is 8.61. The highest BCUT2D eigenvalue weighted by atomic mass is 32.1. The molecule has 5 nitrogen and oxygen atoms in total. The number of ketones is 1. The van der Waals surface area contributed by atoms with Crippen LogP contribution in [0.2, 0.25) is 0 Å². The average Bonchev–Trinajstić information content (AvgIpc) is 3.12. The lowest BCUT2D eigenvalue weighted by Gasteiger charge is -2.10. The molecule has 2 rings (SSSR count). The van der Waals surface area contributed by atoms with E-state index in [1.165, 1.54) is 17.4 Å². The second-order valence-corrected chi connectivity index (χ2v) is 6.14. The molecule has 0 radical (unpaired) electrons. The predicted octanol–water partition coefficient (Wildman–Crippen LogP) is 3.91. The van der Waals surface area contributed by atoms with Crippen LogP contribution in [-0.2, 0) is 20.5 Å². The van der Waals surface area contributed by atoms with Crippen molar-refractivity contribution in [3.63, 3.8) is 0 Å². The molecule has 0 saturated heterocycles. The van der Waals surface area contributed by atoms with Crippen LogP contribution in [0.5, 0.6) is 0 Å². The zero-order valence-corrected chi connectivity index (χ0v) is 14.2. The lowest BCUT2D eigenvalue weighted by Crippen LogP contribution is -2.21. The number of carbonyl (C=O) groups is 3. The topological polar surface area (TPSA) is 72.5 Å². The molecular formula is C17H14F3NO4S. The number of thiophene rings is 1. The number of rotatable bonds is 7. The Hall–Kier alpha value is -2.68. The van der Waals surface area contributed by atoms with E-state index in [2.05, 4.69) is 5.32 Å². The van der Waals surface area contributed by atoms with Gasteiger partial charge in [-0.1, -0.05) is 12.1 Å². The number of halogens is 3. The van der Waals surface area contributed by atoms with E-state index in [1.807, 2.05) is 0 Å². The van der Waals surface area contributed by atoms with E-state index >= 15 is 0 Å². The molecule has 1 aromatic carbocycles. The number of hydrogen-bond acceptors (Lipinski definition) is 5. The number of ether oxygens (including phenoxy) is 1. The zero-order chi connectivity index (χ0) is 19.2. The van der Waals surface area contributed by atoms with Gasteiger partial charge in [-0.05, 0) is 29.6 Å². The van der Waals surface area contributed by atoms with Gasteiger partial charge in [0.2, 0.25) is 0 Å². The summed E-state index contributed by atoms with van der Waals surface area (Å²) in [6.07, 6.45) is -4.76. The van der Waals surface area contributed by atoms with Crippen LogP contribution in [0.25, 0.3) is 0 Å². The van der Waals surface area contributed by atoms with Crippen molar-refractivity contribution < 1.29 is 32.3 Å². The van der Waals surface area contributed by atoms with Crippen LogP contribution in [0, 0.1) is 0 Å². The van der Waals surface area contributed by atoms with E-state index in [1.54, 1.807) is 17.5 Å². The molecule has 138 valence electrons. The maximum absolute atomic E-state index is 12.6. The number of alkyl halides is 3. The molecule has 2 aromatic rings. The molecule has 26 heavy (non-hydrogen) atoms. The SMILES string of the molecule is O=C(COC(=O)CCC(=O)c1cccs1)Nc1cccc(C(F)(F)F)c1. The lowest BCUT2D eigenvalue weighted by molar-refractivity contribution is -0.147. The van der Waals surface area contributed by atoms with Crippen molar-refractivity contribution in [3.8, 4) is 0 Å². The minimum atomic E-state index is -4.53. The first kappa shape index (κ1) is 19.6. The van der Waals surface area contributed by atoms with Gasteiger partial charge in [-0.15, -0.1) is 11.3 Å². The number of anilines is 1. The van der Waals surface area contributed by atoms with Gasteiger partial charge < -0.3 is 10.1 Å². The summed E-state index contributed by atoms with van der Waals surface area (Å²) in [5.74, 6) is -1.72. The van der Waals surface area contributed by atoms with E-state index in [4.69, 9.17) is 4.74 Å². The largest absolute Gasteiger partial charge is 0.456 e. The van der Waals surface area contributed by atoms with Gasteiger partial charge in [0.1, 0.15) is 0 Å². The van der Waals surface area contributed by atoms with Gasteiger partial charge in [0.05, 0.1) is 16.9 Å². The maximum Gasteiger partial charge on any atom is 0.416 e. The van der Waals surface area contributed by atoms with Crippen molar-refractivity contribution >= 4 is 34.7 Å². The van der Waals surface area contributed by atoms with Crippen molar-refractivity contribution in [2.45, 2.75) is 19.0 Å². The Labute approximate surface area is 150 Å². The first-order chi connectivity index (χ1) is 12.3. The van der Waals surface area contributed by atoms with Crippen LogP contribution in [0.3, 0.4) is 0 Å². The van der Waals surface area contributed by atoms with E-state index < -0.39 is 30.2 Å². The molecule has 1 heterocycles. The molecule has 0 aliphatic rings. The van der Waals surface area contributed by atoms with E-state index in [0.717, 1.165) is 18.2 Å². The molecule has 1 aromatic heterocycles. The Balaban J connectivity index is 1.76. The summed E-state index contributed by atoms with van der Waals surface area (Å²) >= 11 is 1.26. The fourth-order valence-corrected chi connectivity index (χ4v) is 2.66. The molecule has 1 amide bonds. The summed E-state index contributed by atoms with van der Waals surface area (Å²) in [4.78, 5) is 35.5. The first-order valence-electron chi connectivity index (χ1n) is 7.45. The minimum absolute atomic E-state index is 0.0470. The van der Waals surface area contributed by atoms with Crippen molar-refractivity contribution in [1.29, 1.82) is 0 Å². The Morgan fingerprint density at radius 3 is 2.50 bits per heavy atom. The first-order valence-corrected chi connectivity index (χ1v) is 8.33. The summed E-state index contributed by atoms with van der Waals surface area (Å²) in [5, 5.41) is 3.96. The van der Waals surface area contributed by atoms with E-state index in [9.17, 15) is 27.6 Å². The van der Waals surface area contributed by atoms with Crippen LogP contribution in [0.15, 0.2) is 41.8 Å². The third-order valence-electron chi connectivity index (χ3n) is 3.19. The summed E-state index contributed by atoms with van der Waals surface area (Å²) in [7, 11) is 0. The van der Waals surface area contributed by atoms with Gasteiger partial charge in [-0.2, -0.15) is 13.2 Å². The fourth-order valence-electron chi connectivity index (χ4n) is 1.96. The average molecular weight is 385 g/mol.